The number of carbonyl (C=O) groups is 3. The molecule has 2 amide bonds. The van der Waals surface area contributed by atoms with Crippen LogP contribution in [0.25, 0.3) is 11.1 Å². The summed E-state index contributed by atoms with van der Waals surface area (Å²) in [6, 6.07) is 12.9. The van der Waals surface area contributed by atoms with Crippen LogP contribution in [0.2, 0.25) is 0 Å². The van der Waals surface area contributed by atoms with Gasteiger partial charge in [-0.2, -0.15) is 0 Å². The molecule has 138 valence electrons. The van der Waals surface area contributed by atoms with E-state index in [1.54, 1.807) is 12.1 Å². The van der Waals surface area contributed by atoms with Crippen LogP contribution >= 0.6 is 0 Å². The average molecular weight is 363 g/mol. The molecule has 1 aliphatic heterocycles. The number of carbonyl (C=O) groups excluding carboxylic acids is 3. The second-order valence-corrected chi connectivity index (χ2v) is 7.13. The van der Waals surface area contributed by atoms with Gasteiger partial charge in [-0.25, -0.2) is 0 Å². The normalized spacial score (nSPS) is 16.7. The third kappa shape index (κ3) is 3.36. The fourth-order valence-corrected chi connectivity index (χ4v) is 3.89. The van der Waals surface area contributed by atoms with Gasteiger partial charge in [0.05, 0.1) is 6.54 Å². The zero-order chi connectivity index (χ0) is 19.0. The smallest absolute Gasteiger partial charge is 0.251 e. The van der Waals surface area contributed by atoms with Crippen molar-refractivity contribution in [1.82, 2.24) is 10.2 Å². The van der Waals surface area contributed by atoms with Gasteiger partial charge in [0, 0.05) is 35.8 Å². The number of likely N-dealkylation sites (tertiary alicyclic amines) is 1. The molecule has 3 N–H and O–H groups in total. The summed E-state index contributed by atoms with van der Waals surface area (Å²) in [5.74, 6) is -0.536. The largest absolute Gasteiger partial charge is 0.369 e. The first-order chi connectivity index (χ1) is 13.0. The van der Waals surface area contributed by atoms with Crippen LogP contribution in [0, 0.1) is 0 Å². The Hall–Kier alpha value is -2.99. The Balaban J connectivity index is 1.44. The highest BCUT2D eigenvalue weighted by Crippen LogP contribution is 2.36. The van der Waals surface area contributed by atoms with E-state index in [-0.39, 0.29) is 30.2 Å². The SMILES string of the molecule is NC(=O)CN1CCC(NC(=O)c2ccc3c(c2)C(=O)c2ccccc2-3)CC1. The number of amides is 2. The van der Waals surface area contributed by atoms with E-state index in [0.717, 1.165) is 37.1 Å². The van der Waals surface area contributed by atoms with Crippen molar-refractivity contribution in [3.8, 4) is 11.1 Å². The van der Waals surface area contributed by atoms with Crippen molar-refractivity contribution in [3.63, 3.8) is 0 Å². The van der Waals surface area contributed by atoms with E-state index in [4.69, 9.17) is 5.73 Å². The Labute approximate surface area is 157 Å². The lowest BCUT2D eigenvalue weighted by Gasteiger charge is -2.31. The summed E-state index contributed by atoms with van der Waals surface area (Å²) in [4.78, 5) is 38.2. The van der Waals surface area contributed by atoms with E-state index >= 15 is 0 Å². The summed E-state index contributed by atoms with van der Waals surface area (Å²) >= 11 is 0. The van der Waals surface area contributed by atoms with Crippen molar-refractivity contribution in [2.24, 2.45) is 5.73 Å². The van der Waals surface area contributed by atoms with Gasteiger partial charge in [0.2, 0.25) is 5.91 Å². The van der Waals surface area contributed by atoms with Crippen LogP contribution in [0.15, 0.2) is 42.5 Å². The molecule has 6 heteroatoms. The number of nitrogens with zero attached hydrogens (tertiary/aromatic N) is 1. The van der Waals surface area contributed by atoms with Crippen LogP contribution < -0.4 is 11.1 Å². The van der Waals surface area contributed by atoms with Crippen molar-refractivity contribution >= 4 is 17.6 Å². The van der Waals surface area contributed by atoms with Gasteiger partial charge in [0.25, 0.3) is 5.91 Å². The molecule has 0 spiro atoms. The number of primary amides is 1. The van der Waals surface area contributed by atoms with E-state index in [1.807, 2.05) is 35.2 Å². The summed E-state index contributed by atoms with van der Waals surface area (Å²) in [5.41, 5.74) is 8.79. The van der Waals surface area contributed by atoms with Crippen LogP contribution in [0.1, 0.15) is 39.1 Å². The molecular formula is C21H21N3O3. The highest BCUT2D eigenvalue weighted by Gasteiger charge is 2.28. The van der Waals surface area contributed by atoms with Gasteiger partial charge in [0.15, 0.2) is 5.78 Å². The van der Waals surface area contributed by atoms with E-state index in [0.29, 0.717) is 16.7 Å². The van der Waals surface area contributed by atoms with Crippen LogP contribution in [0.3, 0.4) is 0 Å². The monoisotopic (exact) mass is 363 g/mol. The van der Waals surface area contributed by atoms with Gasteiger partial charge >= 0.3 is 0 Å². The minimum Gasteiger partial charge on any atom is -0.369 e. The molecule has 0 bridgehead atoms. The molecule has 1 heterocycles. The highest BCUT2D eigenvalue weighted by atomic mass is 16.2. The topological polar surface area (TPSA) is 92.5 Å². The third-order valence-corrected chi connectivity index (χ3v) is 5.29. The number of hydrogen-bond donors (Lipinski definition) is 2. The van der Waals surface area contributed by atoms with Gasteiger partial charge in [0.1, 0.15) is 0 Å². The third-order valence-electron chi connectivity index (χ3n) is 5.29. The maximum Gasteiger partial charge on any atom is 0.251 e. The zero-order valence-corrected chi connectivity index (χ0v) is 14.9. The summed E-state index contributed by atoms with van der Waals surface area (Å²) in [7, 11) is 0. The number of benzene rings is 2. The highest BCUT2D eigenvalue weighted by molar-refractivity contribution is 6.22. The van der Waals surface area contributed by atoms with Crippen molar-refractivity contribution in [1.29, 1.82) is 0 Å². The Bertz CT molecular complexity index is 930. The molecule has 2 aliphatic rings. The molecule has 0 atom stereocenters. The van der Waals surface area contributed by atoms with Crippen molar-refractivity contribution in [3.05, 3.63) is 59.2 Å². The van der Waals surface area contributed by atoms with Crippen LogP contribution in [0.4, 0.5) is 0 Å². The Kier molecular flexibility index (Phi) is 4.49. The molecule has 4 rings (SSSR count). The lowest BCUT2D eigenvalue weighted by atomic mass is 10.0. The fourth-order valence-electron chi connectivity index (χ4n) is 3.89. The Morgan fingerprint density at radius 2 is 1.67 bits per heavy atom. The van der Waals surface area contributed by atoms with Gasteiger partial charge in [-0.3, -0.25) is 19.3 Å². The lowest BCUT2D eigenvalue weighted by molar-refractivity contribution is -0.119. The second kappa shape index (κ2) is 6.96. The first kappa shape index (κ1) is 17.4. The van der Waals surface area contributed by atoms with Crippen LogP contribution in [-0.4, -0.2) is 48.2 Å². The van der Waals surface area contributed by atoms with Crippen molar-refractivity contribution in [2.75, 3.05) is 19.6 Å². The maximum atomic E-state index is 12.6. The van der Waals surface area contributed by atoms with Crippen molar-refractivity contribution < 1.29 is 14.4 Å². The van der Waals surface area contributed by atoms with Gasteiger partial charge in [-0.05, 0) is 36.1 Å². The number of piperidine rings is 1. The molecule has 0 aromatic heterocycles. The van der Waals surface area contributed by atoms with Gasteiger partial charge in [-0.15, -0.1) is 0 Å². The molecule has 2 aromatic rings. The van der Waals surface area contributed by atoms with Gasteiger partial charge in [-0.1, -0.05) is 30.3 Å². The molecule has 27 heavy (non-hydrogen) atoms. The number of rotatable bonds is 4. The average Bonchev–Trinajstić information content (AvgIpc) is 2.95. The molecule has 1 saturated heterocycles. The summed E-state index contributed by atoms with van der Waals surface area (Å²) < 4.78 is 0. The molecule has 1 aliphatic carbocycles. The summed E-state index contributed by atoms with van der Waals surface area (Å²) in [5, 5.41) is 3.04. The van der Waals surface area contributed by atoms with Crippen molar-refractivity contribution in [2.45, 2.75) is 18.9 Å². The molecule has 0 unspecified atom stereocenters. The maximum absolute atomic E-state index is 12.6. The first-order valence-electron chi connectivity index (χ1n) is 9.12. The molecule has 6 nitrogen and oxygen atoms in total. The minimum absolute atomic E-state index is 0.0324. The molecule has 0 radical (unpaired) electrons. The molecule has 0 saturated carbocycles. The summed E-state index contributed by atoms with van der Waals surface area (Å²) in [6.07, 6.45) is 1.54. The van der Waals surface area contributed by atoms with E-state index in [2.05, 4.69) is 5.32 Å². The minimum atomic E-state index is -0.332. The number of hydrogen-bond acceptors (Lipinski definition) is 4. The van der Waals surface area contributed by atoms with Crippen LogP contribution in [0.5, 0.6) is 0 Å². The Morgan fingerprint density at radius 1 is 1.00 bits per heavy atom. The number of ketones is 1. The van der Waals surface area contributed by atoms with Gasteiger partial charge < -0.3 is 11.1 Å². The molecular weight excluding hydrogens is 342 g/mol. The van der Waals surface area contributed by atoms with E-state index in [1.165, 1.54) is 0 Å². The Morgan fingerprint density at radius 3 is 2.37 bits per heavy atom. The van der Waals surface area contributed by atoms with E-state index < -0.39 is 0 Å². The predicted molar refractivity (Wildman–Crippen MR) is 101 cm³/mol. The molecule has 2 aromatic carbocycles. The lowest BCUT2D eigenvalue weighted by Crippen LogP contribution is -2.46. The number of nitrogens with one attached hydrogen (secondary N) is 1. The number of fused-ring (bicyclic) bond motifs is 3. The van der Waals surface area contributed by atoms with E-state index in [9.17, 15) is 14.4 Å². The standard InChI is InChI=1S/C21H21N3O3/c22-19(25)12-24-9-7-14(8-10-24)23-21(27)13-5-6-16-15-3-1-2-4-17(15)20(26)18(16)11-13/h1-6,11,14H,7-10,12H2,(H2,22,25)(H,23,27). The zero-order valence-electron chi connectivity index (χ0n) is 14.9. The fraction of sp³-hybridized carbons (Fsp3) is 0.286. The summed E-state index contributed by atoms with van der Waals surface area (Å²) in [6.45, 7) is 1.71. The molecule has 1 fully saturated rings. The first-order valence-corrected chi connectivity index (χ1v) is 9.12. The van der Waals surface area contributed by atoms with Crippen LogP contribution in [-0.2, 0) is 4.79 Å². The predicted octanol–water partition coefficient (Wildman–Crippen LogP) is 1.58. The quantitative estimate of drug-likeness (QED) is 0.736. The second-order valence-electron chi connectivity index (χ2n) is 7.13. The number of nitrogens with two attached hydrogens (primary N) is 1.